The molecule has 0 saturated heterocycles. The van der Waals surface area contributed by atoms with Gasteiger partial charge in [0.25, 0.3) is 15.9 Å². The number of Topliss-reactive ketones (excluding diaryl/α,β-unsaturated/α-hetero) is 1. The maximum Gasteiger partial charge on any atom is 0.270 e. The maximum absolute atomic E-state index is 13.3. The normalized spacial score (nSPS) is 18.2. The van der Waals surface area contributed by atoms with Crippen molar-refractivity contribution >= 4 is 38.5 Å². The third-order valence-electron chi connectivity index (χ3n) is 6.29. The summed E-state index contributed by atoms with van der Waals surface area (Å²) in [6, 6.07) is 13.4. The van der Waals surface area contributed by atoms with Gasteiger partial charge >= 0.3 is 0 Å². The second-order valence-electron chi connectivity index (χ2n) is 9.74. The number of fused-ring (bicyclic) bond motifs is 1. The van der Waals surface area contributed by atoms with Crippen molar-refractivity contribution in [1.29, 1.82) is 0 Å². The zero-order valence-electron chi connectivity index (χ0n) is 21.8. The van der Waals surface area contributed by atoms with Gasteiger partial charge in [0.2, 0.25) is 5.91 Å². The zero-order valence-corrected chi connectivity index (χ0v) is 22.6. The molecule has 10 nitrogen and oxygen atoms in total. The summed E-state index contributed by atoms with van der Waals surface area (Å²) in [6.45, 7) is 3.43. The first-order valence-corrected chi connectivity index (χ1v) is 14.1. The van der Waals surface area contributed by atoms with E-state index in [2.05, 4.69) is 20.6 Å². The Bertz CT molecular complexity index is 1490. The molecule has 1 aliphatic heterocycles. The average molecular weight is 550 g/mol. The quantitative estimate of drug-likeness (QED) is 0.412. The van der Waals surface area contributed by atoms with Crippen LogP contribution in [0.2, 0.25) is 0 Å². The van der Waals surface area contributed by atoms with Crippen LogP contribution in [0.15, 0.2) is 78.0 Å². The molecule has 2 aromatic heterocycles. The van der Waals surface area contributed by atoms with Crippen LogP contribution in [0.1, 0.15) is 37.2 Å². The number of pyridine rings is 2. The molecule has 0 bridgehead atoms. The Kier molecular flexibility index (Phi) is 8.82. The molecule has 39 heavy (non-hydrogen) atoms. The molecule has 2 amide bonds. The SMILES string of the molecule is CC(C)C[C@H](NC(=O)c1ccc2ccccc2n1)C(=O)NC1C/C=C\CN(S(=O)(=O)c2ccccn2)CC1=O. The van der Waals surface area contributed by atoms with E-state index < -0.39 is 46.2 Å². The predicted molar refractivity (Wildman–Crippen MR) is 146 cm³/mol. The fraction of sp³-hybridized carbons (Fsp3) is 0.321. The van der Waals surface area contributed by atoms with Gasteiger partial charge in [-0.2, -0.15) is 4.31 Å². The van der Waals surface area contributed by atoms with Gasteiger partial charge in [-0.05, 0) is 43.0 Å². The highest BCUT2D eigenvalue weighted by Gasteiger charge is 2.32. The van der Waals surface area contributed by atoms with Crippen molar-refractivity contribution < 1.29 is 22.8 Å². The van der Waals surface area contributed by atoms with E-state index in [1.807, 2.05) is 32.0 Å². The van der Waals surface area contributed by atoms with Gasteiger partial charge in [0, 0.05) is 18.1 Å². The van der Waals surface area contributed by atoms with Gasteiger partial charge in [-0.15, -0.1) is 0 Å². The van der Waals surface area contributed by atoms with Crippen LogP contribution >= 0.6 is 0 Å². The summed E-state index contributed by atoms with van der Waals surface area (Å²) in [5, 5.41) is 6.22. The summed E-state index contributed by atoms with van der Waals surface area (Å²) in [4.78, 5) is 47.8. The third kappa shape index (κ3) is 6.92. The monoisotopic (exact) mass is 549 g/mol. The summed E-state index contributed by atoms with van der Waals surface area (Å²) >= 11 is 0. The number of rotatable bonds is 8. The van der Waals surface area contributed by atoms with E-state index in [1.54, 1.807) is 42.5 Å². The molecule has 1 aliphatic rings. The van der Waals surface area contributed by atoms with Crippen molar-refractivity contribution in [3.05, 3.63) is 78.6 Å². The minimum atomic E-state index is -4.01. The van der Waals surface area contributed by atoms with Gasteiger partial charge < -0.3 is 10.6 Å². The molecule has 2 atom stereocenters. The number of nitrogens with zero attached hydrogens (tertiary/aromatic N) is 3. The number of hydrogen-bond donors (Lipinski definition) is 2. The molecular weight excluding hydrogens is 518 g/mol. The molecule has 4 rings (SSSR count). The molecule has 0 radical (unpaired) electrons. The van der Waals surface area contributed by atoms with Crippen LogP contribution in [0, 0.1) is 5.92 Å². The number of benzene rings is 1. The molecule has 0 saturated carbocycles. The highest BCUT2D eigenvalue weighted by Crippen LogP contribution is 2.16. The van der Waals surface area contributed by atoms with E-state index in [0.29, 0.717) is 11.9 Å². The Morgan fingerprint density at radius 1 is 1.05 bits per heavy atom. The average Bonchev–Trinajstić information content (AvgIpc) is 2.92. The van der Waals surface area contributed by atoms with Gasteiger partial charge in [0.05, 0.1) is 18.1 Å². The Balaban J connectivity index is 1.47. The number of ketones is 1. The number of carbonyl (C=O) groups is 3. The van der Waals surface area contributed by atoms with Gasteiger partial charge in [-0.3, -0.25) is 14.4 Å². The molecule has 0 spiro atoms. The van der Waals surface area contributed by atoms with E-state index in [9.17, 15) is 22.8 Å². The highest BCUT2D eigenvalue weighted by molar-refractivity contribution is 7.89. The van der Waals surface area contributed by atoms with E-state index in [-0.39, 0.29) is 29.6 Å². The summed E-state index contributed by atoms with van der Waals surface area (Å²) in [5.41, 5.74) is 0.836. The van der Waals surface area contributed by atoms with E-state index >= 15 is 0 Å². The van der Waals surface area contributed by atoms with Gasteiger partial charge in [0.15, 0.2) is 10.8 Å². The van der Waals surface area contributed by atoms with Gasteiger partial charge in [0.1, 0.15) is 11.7 Å². The first-order valence-electron chi connectivity index (χ1n) is 12.7. The molecule has 1 aromatic carbocycles. The molecule has 11 heteroatoms. The predicted octanol–water partition coefficient (Wildman–Crippen LogP) is 2.48. The van der Waals surface area contributed by atoms with Crippen molar-refractivity contribution in [3.8, 4) is 0 Å². The van der Waals surface area contributed by atoms with Crippen molar-refractivity contribution in [1.82, 2.24) is 24.9 Å². The number of nitrogens with one attached hydrogen (secondary N) is 2. The molecule has 0 fully saturated rings. The number of hydrogen-bond acceptors (Lipinski definition) is 7. The Morgan fingerprint density at radius 3 is 2.56 bits per heavy atom. The fourth-order valence-electron chi connectivity index (χ4n) is 4.26. The highest BCUT2D eigenvalue weighted by atomic mass is 32.2. The lowest BCUT2D eigenvalue weighted by molar-refractivity contribution is -0.129. The van der Waals surface area contributed by atoms with Gasteiger partial charge in [-0.25, -0.2) is 18.4 Å². The maximum atomic E-state index is 13.3. The van der Waals surface area contributed by atoms with Crippen LogP contribution in [-0.2, 0) is 19.6 Å². The molecule has 0 aliphatic carbocycles. The summed E-state index contributed by atoms with van der Waals surface area (Å²) < 4.78 is 27.1. The van der Waals surface area contributed by atoms with E-state index in [4.69, 9.17) is 0 Å². The van der Waals surface area contributed by atoms with Crippen LogP contribution in [0.25, 0.3) is 10.9 Å². The van der Waals surface area contributed by atoms with Crippen LogP contribution < -0.4 is 10.6 Å². The standard InChI is InChI=1S/C28H31N5O5S/c1-19(2)17-24(32-27(35)23-14-13-20-9-3-4-10-21(20)30-23)28(36)31-22-11-6-8-16-33(18-25(22)34)39(37,38)26-12-5-7-15-29-26/h3-10,12-15,19,22,24H,11,16-18H2,1-2H3,(H,31,36)(H,32,35)/b8-6-/t22?,24-/m0/s1. The van der Waals surface area contributed by atoms with Crippen molar-refractivity contribution in [2.75, 3.05) is 13.1 Å². The molecule has 1 unspecified atom stereocenters. The summed E-state index contributed by atoms with van der Waals surface area (Å²) in [6.07, 6.45) is 5.22. The van der Waals surface area contributed by atoms with Crippen molar-refractivity contribution in [2.24, 2.45) is 5.92 Å². The lowest BCUT2D eigenvalue weighted by atomic mass is 10.0. The minimum Gasteiger partial charge on any atom is -0.344 e. The lowest BCUT2D eigenvalue weighted by Crippen LogP contribution is -2.54. The second-order valence-corrected chi connectivity index (χ2v) is 11.6. The molecule has 3 aromatic rings. The number of sulfonamides is 1. The Labute approximate surface area is 227 Å². The topological polar surface area (TPSA) is 138 Å². The van der Waals surface area contributed by atoms with Crippen LogP contribution in [0.5, 0.6) is 0 Å². The van der Waals surface area contributed by atoms with Crippen LogP contribution in [0.4, 0.5) is 0 Å². The summed E-state index contributed by atoms with van der Waals surface area (Å²) in [7, 11) is -4.01. The first-order chi connectivity index (χ1) is 18.6. The van der Waals surface area contributed by atoms with E-state index in [0.717, 1.165) is 9.69 Å². The molecule has 3 heterocycles. The Morgan fingerprint density at radius 2 is 1.82 bits per heavy atom. The number of aromatic nitrogens is 2. The van der Waals surface area contributed by atoms with E-state index in [1.165, 1.54) is 12.3 Å². The summed E-state index contributed by atoms with van der Waals surface area (Å²) in [5.74, 6) is -1.42. The lowest BCUT2D eigenvalue weighted by Gasteiger charge is -2.27. The largest absolute Gasteiger partial charge is 0.344 e. The fourth-order valence-corrected chi connectivity index (χ4v) is 5.55. The zero-order chi connectivity index (χ0) is 28.0. The van der Waals surface area contributed by atoms with Crippen molar-refractivity contribution in [2.45, 2.75) is 43.8 Å². The van der Waals surface area contributed by atoms with Crippen LogP contribution in [-0.4, -0.2) is 65.5 Å². The Hall–Kier alpha value is -3.96. The third-order valence-corrected chi connectivity index (χ3v) is 8.01. The van der Waals surface area contributed by atoms with Crippen molar-refractivity contribution in [3.63, 3.8) is 0 Å². The van der Waals surface area contributed by atoms with Gasteiger partial charge in [-0.1, -0.05) is 56.3 Å². The number of para-hydroxylation sites is 1. The molecule has 204 valence electrons. The number of amides is 2. The number of carbonyl (C=O) groups excluding carboxylic acids is 3. The smallest absolute Gasteiger partial charge is 0.270 e. The second kappa shape index (κ2) is 12.3. The minimum absolute atomic E-state index is 0.0100. The molecular formula is C28H31N5O5S. The molecule has 2 N–H and O–H groups in total. The van der Waals surface area contributed by atoms with Crippen LogP contribution in [0.3, 0.4) is 0 Å². The first kappa shape index (κ1) is 28.1.